The van der Waals surface area contributed by atoms with Gasteiger partial charge in [0.15, 0.2) is 14.9 Å². The standard InChI is InChI=1S/C7H9NO3S/c1-11-6-3-4-7(8-5-6)12(2,9)10/h3-5H,1-2H3. The lowest BCUT2D eigenvalue weighted by atomic mass is 10.5. The first kappa shape index (κ1) is 8.99. The highest BCUT2D eigenvalue weighted by molar-refractivity contribution is 7.90. The van der Waals surface area contributed by atoms with Crippen molar-refractivity contribution < 1.29 is 13.2 Å². The van der Waals surface area contributed by atoms with E-state index < -0.39 is 9.84 Å². The Labute approximate surface area is 71.1 Å². The van der Waals surface area contributed by atoms with Crippen LogP contribution in [0.1, 0.15) is 0 Å². The Morgan fingerprint density at radius 3 is 2.42 bits per heavy atom. The van der Waals surface area contributed by atoms with Crippen LogP contribution in [0.5, 0.6) is 5.75 Å². The van der Waals surface area contributed by atoms with Crippen molar-refractivity contribution in [2.45, 2.75) is 5.03 Å². The average Bonchev–Trinajstić information content (AvgIpc) is 2.03. The molecule has 12 heavy (non-hydrogen) atoms. The van der Waals surface area contributed by atoms with Crippen LogP contribution < -0.4 is 4.74 Å². The highest BCUT2D eigenvalue weighted by atomic mass is 32.2. The van der Waals surface area contributed by atoms with Crippen molar-refractivity contribution in [3.63, 3.8) is 0 Å². The van der Waals surface area contributed by atoms with Gasteiger partial charge in [-0.15, -0.1) is 0 Å². The molecular weight excluding hydrogens is 178 g/mol. The summed E-state index contributed by atoms with van der Waals surface area (Å²) in [4.78, 5) is 3.71. The SMILES string of the molecule is COc1ccc(S(C)(=O)=O)nc1. The van der Waals surface area contributed by atoms with Gasteiger partial charge in [0.1, 0.15) is 5.75 Å². The van der Waals surface area contributed by atoms with Crippen LogP contribution >= 0.6 is 0 Å². The Hall–Kier alpha value is -1.10. The number of hydrogen-bond acceptors (Lipinski definition) is 4. The molecule has 0 amide bonds. The molecule has 1 rings (SSSR count). The van der Waals surface area contributed by atoms with Gasteiger partial charge in [-0.05, 0) is 12.1 Å². The maximum absolute atomic E-state index is 10.9. The minimum atomic E-state index is -3.19. The minimum Gasteiger partial charge on any atom is -0.495 e. The normalized spacial score (nSPS) is 11.2. The lowest BCUT2D eigenvalue weighted by molar-refractivity contribution is 0.412. The number of nitrogens with zero attached hydrogens (tertiary/aromatic N) is 1. The highest BCUT2D eigenvalue weighted by Gasteiger charge is 2.07. The molecule has 5 heteroatoms. The summed E-state index contributed by atoms with van der Waals surface area (Å²) in [5, 5.41) is 0.0586. The molecule has 0 N–H and O–H groups in total. The van der Waals surface area contributed by atoms with E-state index in [9.17, 15) is 8.42 Å². The molecule has 0 aliphatic rings. The Balaban J connectivity index is 3.09. The van der Waals surface area contributed by atoms with Crippen LogP contribution in [0.15, 0.2) is 23.4 Å². The van der Waals surface area contributed by atoms with Crippen molar-refractivity contribution in [1.29, 1.82) is 0 Å². The largest absolute Gasteiger partial charge is 0.495 e. The van der Waals surface area contributed by atoms with Crippen molar-refractivity contribution >= 4 is 9.84 Å². The Bertz CT molecular complexity index is 355. The van der Waals surface area contributed by atoms with Crippen molar-refractivity contribution in [2.24, 2.45) is 0 Å². The van der Waals surface area contributed by atoms with E-state index in [1.807, 2.05) is 0 Å². The average molecular weight is 187 g/mol. The van der Waals surface area contributed by atoms with Gasteiger partial charge in [0, 0.05) is 6.26 Å². The smallest absolute Gasteiger partial charge is 0.192 e. The molecule has 1 aromatic heterocycles. The molecule has 0 unspecified atom stereocenters. The molecule has 0 spiro atoms. The van der Waals surface area contributed by atoms with Crippen molar-refractivity contribution in [1.82, 2.24) is 4.98 Å². The first-order chi connectivity index (χ1) is 5.54. The first-order valence-corrected chi connectivity index (χ1v) is 5.13. The second kappa shape index (κ2) is 3.10. The van der Waals surface area contributed by atoms with E-state index in [0.717, 1.165) is 6.26 Å². The van der Waals surface area contributed by atoms with Crippen LogP contribution in [0.25, 0.3) is 0 Å². The molecular formula is C7H9NO3S. The summed E-state index contributed by atoms with van der Waals surface area (Å²) >= 11 is 0. The third-order valence-electron chi connectivity index (χ3n) is 1.32. The Morgan fingerprint density at radius 2 is 2.08 bits per heavy atom. The van der Waals surface area contributed by atoms with Gasteiger partial charge in [-0.2, -0.15) is 0 Å². The van der Waals surface area contributed by atoms with Crippen LogP contribution in [0, 0.1) is 0 Å². The van der Waals surface area contributed by atoms with Gasteiger partial charge in [0.2, 0.25) is 0 Å². The molecule has 0 aliphatic heterocycles. The number of ether oxygens (including phenoxy) is 1. The summed E-state index contributed by atoms with van der Waals surface area (Å²) in [6.07, 6.45) is 2.48. The number of rotatable bonds is 2. The number of pyridine rings is 1. The maximum Gasteiger partial charge on any atom is 0.192 e. The first-order valence-electron chi connectivity index (χ1n) is 3.24. The number of methoxy groups -OCH3 is 1. The van der Waals surface area contributed by atoms with Gasteiger partial charge in [-0.3, -0.25) is 0 Å². The van der Waals surface area contributed by atoms with Crippen LogP contribution in [0.2, 0.25) is 0 Å². The molecule has 1 heterocycles. The summed E-state index contributed by atoms with van der Waals surface area (Å²) in [5.41, 5.74) is 0. The monoisotopic (exact) mass is 187 g/mol. The van der Waals surface area contributed by atoms with E-state index >= 15 is 0 Å². The van der Waals surface area contributed by atoms with Gasteiger partial charge in [0.05, 0.1) is 13.3 Å². The lowest BCUT2D eigenvalue weighted by Crippen LogP contribution is -1.99. The predicted octanol–water partition coefficient (Wildman–Crippen LogP) is 0.494. The van der Waals surface area contributed by atoms with E-state index in [2.05, 4.69) is 4.98 Å². The lowest BCUT2D eigenvalue weighted by Gasteiger charge is -1.99. The fourth-order valence-corrected chi connectivity index (χ4v) is 1.27. The van der Waals surface area contributed by atoms with E-state index in [1.165, 1.54) is 19.4 Å². The molecule has 0 bridgehead atoms. The van der Waals surface area contributed by atoms with Crippen molar-refractivity contribution in [3.05, 3.63) is 18.3 Å². The third kappa shape index (κ3) is 1.94. The quantitative estimate of drug-likeness (QED) is 0.676. The number of hydrogen-bond donors (Lipinski definition) is 0. The molecule has 0 radical (unpaired) electrons. The van der Waals surface area contributed by atoms with E-state index in [0.29, 0.717) is 5.75 Å². The second-order valence-electron chi connectivity index (χ2n) is 2.31. The summed E-state index contributed by atoms with van der Waals surface area (Å²) in [7, 11) is -1.70. The zero-order valence-corrected chi connectivity index (χ0v) is 7.63. The van der Waals surface area contributed by atoms with Crippen LogP contribution in [0.3, 0.4) is 0 Å². The molecule has 0 saturated heterocycles. The van der Waals surface area contributed by atoms with Crippen molar-refractivity contribution in [3.8, 4) is 5.75 Å². The van der Waals surface area contributed by atoms with Crippen LogP contribution in [0.4, 0.5) is 0 Å². The third-order valence-corrected chi connectivity index (χ3v) is 2.33. The maximum atomic E-state index is 10.9. The highest BCUT2D eigenvalue weighted by Crippen LogP contribution is 2.11. The van der Waals surface area contributed by atoms with Crippen molar-refractivity contribution in [2.75, 3.05) is 13.4 Å². The zero-order chi connectivity index (χ0) is 9.19. The summed E-state index contributed by atoms with van der Waals surface area (Å²) in [5.74, 6) is 0.544. The van der Waals surface area contributed by atoms with Gasteiger partial charge < -0.3 is 4.74 Å². The Morgan fingerprint density at radius 1 is 1.42 bits per heavy atom. The summed E-state index contributed by atoms with van der Waals surface area (Å²) in [6.45, 7) is 0. The van der Waals surface area contributed by atoms with E-state index in [-0.39, 0.29) is 5.03 Å². The number of aromatic nitrogens is 1. The Kier molecular flexibility index (Phi) is 2.32. The summed E-state index contributed by atoms with van der Waals surface area (Å²) in [6, 6.07) is 2.97. The molecule has 66 valence electrons. The molecule has 0 aromatic carbocycles. The van der Waals surface area contributed by atoms with E-state index in [4.69, 9.17) is 4.74 Å². The predicted molar refractivity (Wildman–Crippen MR) is 43.9 cm³/mol. The molecule has 0 saturated carbocycles. The van der Waals surface area contributed by atoms with Crippen LogP contribution in [-0.4, -0.2) is 26.8 Å². The van der Waals surface area contributed by atoms with Gasteiger partial charge in [-0.25, -0.2) is 13.4 Å². The fraction of sp³-hybridized carbons (Fsp3) is 0.286. The van der Waals surface area contributed by atoms with Gasteiger partial charge >= 0.3 is 0 Å². The zero-order valence-electron chi connectivity index (χ0n) is 6.81. The molecule has 0 aliphatic carbocycles. The van der Waals surface area contributed by atoms with Gasteiger partial charge in [0.25, 0.3) is 0 Å². The van der Waals surface area contributed by atoms with Crippen LogP contribution in [-0.2, 0) is 9.84 Å². The molecule has 0 fully saturated rings. The summed E-state index contributed by atoms with van der Waals surface area (Å²) < 4.78 is 26.7. The topological polar surface area (TPSA) is 56.3 Å². The molecule has 0 atom stereocenters. The fourth-order valence-electron chi connectivity index (χ4n) is 0.707. The minimum absolute atomic E-state index is 0.0586. The molecule has 4 nitrogen and oxygen atoms in total. The second-order valence-corrected chi connectivity index (χ2v) is 4.27. The van der Waals surface area contributed by atoms with E-state index in [1.54, 1.807) is 6.07 Å². The molecule has 1 aromatic rings. The number of sulfone groups is 1. The van der Waals surface area contributed by atoms with Gasteiger partial charge in [-0.1, -0.05) is 0 Å².